The predicted octanol–water partition coefficient (Wildman–Crippen LogP) is 4.18. The third-order valence-electron chi connectivity index (χ3n) is 7.81. The van der Waals surface area contributed by atoms with E-state index in [1.54, 1.807) is 23.1 Å². The molecule has 2 aliphatic rings. The Kier molecular flexibility index (Phi) is 13.6. The number of rotatable bonds is 15. The maximum Gasteiger partial charge on any atom is 0.247 e. The lowest BCUT2D eigenvalue weighted by Gasteiger charge is -2.42. The maximum absolute atomic E-state index is 13.7. The van der Waals surface area contributed by atoms with Crippen molar-refractivity contribution in [1.29, 1.82) is 0 Å². The number of unbranched alkanes of at least 4 members (excludes halogenated alkanes) is 2. The standard InChI is InChI=1S/C31H43IN2O7/c1-3-4-5-9-12-28(37)34(19-21-10-7-6-8-11-21)25-17-23(31(39)33-13-14-35)18-26(29(25)38)41-30-24(32)15-22(20-36)16-27(30)40-2/h3,15-16,18,20-21,25-26,29,35,38H,1,4-14,17,19H2,2H3,(H,33,39). The first kappa shape index (κ1) is 33.1. The molecule has 1 fully saturated rings. The number of halogens is 1. The van der Waals surface area contributed by atoms with E-state index in [4.69, 9.17) is 9.47 Å². The van der Waals surface area contributed by atoms with Crippen LogP contribution in [0.3, 0.4) is 0 Å². The number of allylic oxidation sites excluding steroid dienone is 1. The van der Waals surface area contributed by atoms with Gasteiger partial charge in [-0.05, 0) is 78.8 Å². The highest BCUT2D eigenvalue weighted by molar-refractivity contribution is 14.1. The van der Waals surface area contributed by atoms with Crippen molar-refractivity contribution in [3.8, 4) is 11.5 Å². The summed E-state index contributed by atoms with van der Waals surface area (Å²) in [6.07, 6.45) is 10.5. The molecule has 0 radical (unpaired) electrons. The van der Waals surface area contributed by atoms with Gasteiger partial charge in [-0.3, -0.25) is 14.4 Å². The minimum absolute atomic E-state index is 0.0399. The Morgan fingerprint density at radius 2 is 1.98 bits per heavy atom. The van der Waals surface area contributed by atoms with E-state index < -0.39 is 18.2 Å². The van der Waals surface area contributed by atoms with Gasteiger partial charge in [0, 0.05) is 37.1 Å². The molecule has 9 nitrogen and oxygen atoms in total. The summed E-state index contributed by atoms with van der Waals surface area (Å²) in [6, 6.07) is 2.53. The largest absolute Gasteiger partial charge is 0.493 e. The van der Waals surface area contributed by atoms with Gasteiger partial charge in [-0.25, -0.2) is 0 Å². The van der Waals surface area contributed by atoms with Gasteiger partial charge >= 0.3 is 0 Å². The zero-order chi connectivity index (χ0) is 29.8. The molecule has 3 N–H and O–H groups in total. The zero-order valence-corrected chi connectivity index (χ0v) is 26.0. The molecule has 3 unspecified atom stereocenters. The van der Waals surface area contributed by atoms with Crippen LogP contribution in [0.1, 0.15) is 74.6 Å². The Morgan fingerprint density at radius 1 is 1.22 bits per heavy atom. The normalized spacial score (nSPS) is 21.0. The van der Waals surface area contributed by atoms with Crippen molar-refractivity contribution in [1.82, 2.24) is 10.2 Å². The van der Waals surface area contributed by atoms with Gasteiger partial charge in [0.1, 0.15) is 18.5 Å². The molecule has 1 aromatic carbocycles. The average Bonchev–Trinajstić information content (AvgIpc) is 2.99. The van der Waals surface area contributed by atoms with Crippen molar-refractivity contribution in [2.24, 2.45) is 5.92 Å². The van der Waals surface area contributed by atoms with E-state index in [1.165, 1.54) is 13.5 Å². The van der Waals surface area contributed by atoms with Crippen LogP contribution < -0.4 is 14.8 Å². The zero-order valence-electron chi connectivity index (χ0n) is 23.9. The fourth-order valence-corrected chi connectivity index (χ4v) is 6.37. The Morgan fingerprint density at radius 3 is 2.63 bits per heavy atom. The van der Waals surface area contributed by atoms with Gasteiger partial charge in [0.25, 0.3) is 0 Å². The highest BCUT2D eigenvalue weighted by Gasteiger charge is 2.41. The summed E-state index contributed by atoms with van der Waals surface area (Å²) < 4.78 is 12.4. The van der Waals surface area contributed by atoms with Crippen LogP contribution in [0.4, 0.5) is 0 Å². The van der Waals surface area contributed by atoms with Crippen molar-refractivity contribution in [2.75, 3.05) is 26.8 Å². The third kappa shape index (κ3) is 9.27. The fraction of sp³-hybridized carbons (Fsp3) is 0.581. The molecule has 0 saturated heterocycles. The van der Waals surface area contributed by atoms with Crippen LogP contribution in [0.5, 0.6) is 11.5 Å². The van der Waals surface area contributed by atoms with Crippen LogP contribution >= 0.6 is 22.6 Å². The molecule has 0 aliphatic heterocycles. The number of nitrogens with zero attached hydrogens (tertiary/aromatic N) is 1. The lowest BCUT2D eigenvalue weighted by molar-refractivity contribution is -0.140. The number of benzene rings is 1. The Labute approximate surface area is 256 Å². The van der Waals surface area contributed by atoms with Crippen molar-refractivity contribution >= 4 is 40.7 Å². The molecule has 226 valence electrons. The average molecular weight is 683 g/mol. The predicted molar refractivity (Wildman–Crippen MR) is 165 cm³/mol. The van der Waals surface area contributed by atoms with Crippen molar-refractivity contribution in [2.45, 2.75) is 82.5 Å². The van der Waals surface area contributed by atoms with Gasteiger partial charge < -0.3 is 29.9 Å². The molecule has 0 spiro atoms. The first-order valence-corrected chi connectivity index (χ1v) is 15.6. The number of nitrogens with one attached hydrogen (secondary N) is 1. The number of aliphatic hydroxyl groups is 2. The lowest BCUT2D eigenvalue weighted by atomic mass is 9.85. The molecule has 1 aromatic rings. The molecular weight excluding hydrogens is 639 g/mol. The second-order valence-electron chi connectivity index (χ2n) is 10.8. The molecule has 41 heavy (non-hydrogen) atoms. The smallest absolute Gasteiger partial charge is 0.247 e. The number of amides is 2. The SMILES string of the molecule is C=CCCCCC(=O)N(CC1CCCCC1)C1CC(C(=O)NCCO)=CC(Oc2c(I)cc(C=O)cc2OC)C1O. The first-order chi connectivity index (χ1) is 19.8. The molecule has 0 bridgehead atoms. The minimum atomic E-state index is -1.11. The second kappa shape index (κ2) is 16.9. The third-order valence-corrected chi connectivity index (χ3v) is 8.61. The highest BCUT2D eigenvalue weighted by atomic mass is 127. The van der Waals surface area contributed by atoms with Crippen LogP contribution in [-0.4, -0.2) is 78.3 Å². The highest BCUT2D eigenvalue weighted by Crippen LogP contribution is 2.37. The number of hydrogen-bond acceptors (Lipinski definition) is 7. The lowest BCUT2D eigenvalue weighted by Crippen LogP contribution is -2.56. The number of aliphatic hydroxyl groups excluding tert-OH is 2. The Hall–Kier alpha value is -2.44. The molecular formula is C31H43IN2O7. The second-order valence-corrected chi connectivity index (χ2v) is 11.9. The minimum Gasteiger partial charge on any atom is -0.493 e. The first-order valence-electron chi connectivity index (χ1n) is 14.5. The van der Waals surface area contributed by atoms with Crippen molar-refractivity contribution < 1.29 is 34.1 Å². The van der Waals surface area contributed by atoms with Crippen LogP contribution in [0.2, 0.25) is 0 Å². The number of carbonyl (C=O) groups excluding carboxylic acids is 3. The number of ether oxygens (including phenoxy) is 2. The Bertz CT molecular complexity index is 1090. The van der Waals surface area contributed by atoms with Gasteiger partial charge in [0.05, 0.1) is 23.3 Å². The summed E-state index contributed by atoms with van der Waals surface area (Å²) in [4.78, 5) is 40.0. The van der Waals surface area contributed by atoms with Gasteiger partial charge in [0.2, 0.25) is 11.8 Å². The van der Waals surface area contributed by atoms with Crippen LogP contribution in [0.15, 0.2) is 36.4 Å². The van der Waals surface area contributed by atoms with Crippen LogP contribution in [0.25, 0.3) is 0 Å². The van der Waals surface area contributed by atoms with Gasteiger partial charge in [-0.2, -0.15) is 0 Å². The number of aldehydes is 1. The molecule has 3 rings (SSSR count). The van der Waals surface area contributed by atoms with Gasteiger partial charge in [-0.15, -0.1) is 6.58 Å². The van der Waals surface area contributed by atoms with E-state index in [2.05, 4.69) is 11.9 Å². The summed E-state index contributed by atoms with van der Waals surface area (Å²) in [6.45, 7) is 4.16. The van der Waals surface area contributed by atoms with Gasteiger partial charge in [-0.1, -0.05) is 25.3 Å². The molecule has 1 saturated carbocycles. The Balaban J connectivity index is 1.96. The van der Waals surface area contributed by atoms with Crippen LogP contribution in [0, 0.1) is 9.49 Å². The fourth-order valence-electron chi connectivity index (χ4n) is 5.62. The molecule has 2 aliphatic carbocycles. The summed E-state index contributed by atoms with van der Waals surface area (Å²) in [5.41, 5.74) is 0.798. The molecule has 2 amide bonds. The monoisotopic (exact) mass is 682 g/mol. The van der Waals surface area contributed by atoms with Crippen LogP contribution in [-0.2, 0) is 9.59 Å². The molecule has 0 heterocycles. The van der Waals surface area contributed by atoms with E-state index >= 15 is 0 Å². The number of carbonyl (C=O) groups is 3. The van der Waals surface area contributed by atoms with E-state index in [0.29, 0.717) is 57.8 Å². The van der Waals surface area contributed by atoms with Crippen molar-refractivity contribution in [3.63, 3.8) is 0 Å². The van der Waals surface area contributed by atoms with E-state index in [0.717, 1.165) is 38.5 Å². The number of methoxy groups -OCH3 is 1. The number of hydrogen-bond donors (Lipinski definition) is 3. The molecule has 10 heteroatoms. The van der Waals surface area contributed by atoms with E-state index in [-0.39, 0.29) is 31.4 Å². The molecule has 0 aromatic heterocycles. The summed E-state index contributed by atoms with van der Waals surface area (Å²) in [7, 11) is 1.47. The van der Waals surface area contributed by atoms with Gasteiger partial charge in [0.15, 0.2) is 11.5 Å². The maximum atomic E-state index is 13.7. The molecule has 3 atom stereocenters. The van der Waals surface area contributed by atoms with E-state index in [1.807, 2.05) is 28.7 Å². The summed E-state index contributed by atoms with van der Waals surface area (Å²) in [5.74, 6) is 0.581. The topological polar surface area (TPSA) is 125 Å². The summed E-state index contributed by atoms with van der Waals surface area (Å²) >= 11 is 2.04. The summed E-state index contributed by atoms with van der Waals surface area (Å²) in [5, 5.41) is 23.7. The van der Waals surface area contributed by atoms with Crippen molar-refractivity contribution in [3.05, 3.63) is 45.6 Å². The quantitative estimate of drug-likeness (QED) is 0.110. The van der Waals surface area contributed by atoms with E-state index in [9.17, 15) is 24.6 Å².